The van der Waals surface area contributed by atoms with E-state index in [0.717, 1.165) is 0 Å². The Balaban J connectivity index is 2.89. The van der Waals surface area contributed by atoms with Crippen molar-refractivity contribution in [3.05, 3.63) is 0 Å². The van der Waals surface area contributed by atoms with Crippen LogP contribution in [0.15, 0.2) is 0 Å². The largest absolute Gasteiger partial charge is 0.465 e. The molecule has 1 amide bonds. The first-order valence-corrected chi connectivity index (χ1v) is 7.62. The monoisotopic (exact) mass is 305 g/mol. The maximum atomic E-state index is 12.1. The molecule has 0 N–H and O–H groups in total. The summed E-state index contributed by atoms with van der Waals surface area (Å²) in [6.07, 6.45) is 0. The van der Waals surface area contributed by atoms with E-state index in [2.05, 4.69) is 0 Å². The van der Waals surface area contributed by atoms with Gasteiger partial charge in [0.05, 0.1) is 13.2 Å². The minimum atomic E-state index is -3.83. The first-order valence-electron chi connectivity index (χ1n) is 6.18. The molecule has 1 saturated heterocycles. The van der Waals surface area contributed by atoms with E-state index in [0.29, 0.717) is 4.31 Å². The van der Waals surface area contributed by atoms with Crippen LogP contribution in [0.4, 0.5) is 0 Å². The third kappa shape index (κ3) is 2.21. The Bertz CT molecular complexity index is 560. The summed E-state index contributed by atoms with van der Waals surface area (Å²) in [4.78, 5) is 35.5. The highest BCUT2D eigenvalue weighted by Crippen LogP contribution is 2.35. The highest BCUT2D eigenvalue weighted by atomic mass is 32.2. The summed E-state index contributed by atoms with van der Waals surface area (Å²) in [6, 6.07) is 0. The van der Waals surface area contributed by atoms with E-state index in [1.807, 2.05) is 0 Å². The summed E-state index contributed by atoms with van der Waals surface area (Å²) < 4.78 is 27.5. The lowest BCUT2D eigenvalue weighted by Gasteiger charge is -2.43. The molecule has 8 heteroatoms. The molecule has 0 radical (unpaired) electrons. The lowest BCUT2D eigenvalue weighted by molar-refractivity contribution is -0.158. The summed E-state index contributed by atoms with van der Waals surface area (Å²) in [5.74, 6) is -2.07. The van der Waals surface area contributed by atoms with Crippen molar-refractivity contribution >= 4 is 27.7 Å². The second-order valence-electron chi connectivity index (χ2n) is 5.60. The van der Waals surface area contributed by atoms with E-state index in [4.69, 9.17) is 4.74 Å². The number of amides is 1. The van der Waals surface area contributed by atoms with Crippen molar-refractivity contribution in [2.75, 3.05) is 13.2 Å². The van der Waals surface area contributed by atoms with E-state index >= 15 is 0 Å². The molecule has 0 aromatic rings. The van der Waals surface area contributed by atoms with Crippen LogP contribution < -0.4 is 0 Å². The molecule has 0 aromatic heterocycles. The molecule has 0 bridgehead atoms. The van der Waals surface area contributed by atoms with Crippen LogP contribution in [-0.2, 0) is 29.1 Å². The summed E-state index contributed by atoms with van der Waals surface area (Å²) in [5, 5.41) is 0. The van der Waals surface area contributed by atoms with Gasteiger partial charge in [-0.05, 0) is 34.6 Å². The molecule has 0 aliphatic carbocycles. The van der Waals surface area contributed by atoms with Gasteiger partial charge in [-0.3, -0.25) is 14.4 Å². The zero-order chi connectivity index (χ0) is 15.9. The fraction of sp³-hybridized carbons (Fsp3) is 0.750. The molecule has 1 aliphatic rings. The first kappa shape index (κ1) is 16.6. The lowest BCUT2D eigenvalue weighted by atomic mass is 9.88. The highest BCUT2D eigenvalue weighted by molar-refractivity contribution is 7.94. The molecule has 1 fully saturated rings. The molecule has 20 heavy (non-hydrogen) atoms. The number of sulfonamides is 1. The van der Waals surface area contributed by atoms with Crippen molar-refractivity contribution in [1.82, 2.24) is 4.31 Å². The summed E-state index contributed by atoms with van der Waals surface area (Å²) in [7, 11) is -3.83. The smallest absolute Gasteiger partial charge is 0.319 e. The average Bonchev–Trinajstić information content (AvgIpc) is 2.34. The molecule has 1 aliphatic heterocycles. The van der Waals surface area contributed by atoms with Gasteiger partial charge in [-0.25, -0.2) is 12.7 Å². The second-order valence-corrected chi connectivity index (χ2v) is 8.01. The van der Waals surface area contributed by atoms with E-state index in [-0.39, 0.29) is 6.61 Å². The van der Waals surface area contributed by atoms with E-state index in [1.54, 1.807) is 6.92 Å². The van der Waals surface area contributed by atoms with Gasteiger partial charge >= 0.3 is 5.97 Å². The van der Waals surface area contributed by atoms with Gasteiger partial charge in [0.1, 0.15) is 5.41 Å². The number of nitrogens with zero attached hydrogens (tertiary/aromatic N) is 1. The van der Waals surface area contributed by atoms with Crippen LogP contribution in [0.2, 0.25) is 0 Å². The van der Waals surface area contributed by atoms with Crippen molar-refractivity contribution in [3.8, 4) is 0 Å². The summed E-state index contributed by atoms with van der Waals surface area (Å²) in [5.41, 5.74) is -1.49. The Hall–Kier alpha value is -1.44. The van der Waals surface area contributed by atoms with Crippen LogP contribution >= 0.6 is 0 Å². The normalized spacial score (nSPS) is 20.2. The zero-order valence-electron chi connectivity index (χ0n) is 12.2. The van der Waals surface area contributed by atoms with Crippen LogP contribution in [0.25, 0.3) is 0 Å². The number of ketones is 1. The minimum absolute atomic E-state index is 0.115. The van der Waals surface area contributed by atoms with Gasteiger partial charge in [0, 0.05) is 0 Å². The lowest BCUT2D eigenvalue weighted by Crippen LogP contribution is -2.68. The van der Waals surface area contributed by atoms with Crippen molar-refractivity contribution in [2.24, 2.45) is 5.41 Å². The number of hydrogen-bond acceptors (Lipinski definition) is 6. The van der Waals surface area contributed by atoms with Crippen molar-refractivity contribution < 1.29 is 27.5 Å². The van der Waals surface area contributed by atoms with Crippen LogP contribution in [0.5, 0.6) is 0 Å². The predicted molar refractivity (Wildman–Crippen MR) is 70.1 cm³/mol. The molecule has 0 atom stereocenters. The Morgan fingerprint density at radius 2 is 1.80 bits per heavy atom. The molecule has 0 unspecified atom stereocenters. The van der Waals surface area contributed by atoms with E-state index in [1.165, 1.54) is 27.7 Å². The van der Waals surface area contributed by atoms with E-state index in [9.17, 15) is 22.8 Å². The molecular formula is C12H19NO6S. The van der Waals surface area contributed by atoms with Gasteiger partial charge in [0.15, 0.2) is 10.5 Å². The van der Waals surface area contributed by atoms with Crippen LogP contribution in [0.1, 0.15) is 34.6 Å². The summed E-state index contributed by atoms with van der Waals surface area (Å²) >= 11 is 0. The molecule has 1 heterocycles. The Morgan fingerprint density at radius 1 is 1.30 bits per heavy atom. The fourth-order valence-corrected chi connectivity index (χ4v) is 3.15. The number of ether oxygens (including phenoxy) is 1. The van der Waals surface area contributed by atoms with Crippen molar-refractivity contribution in [2.45, 2.75) is 39.4 Å². The molecule has 0 spiro atoms. The van der Waals surface area contributed by atoms with Crippen molar-refractivity contribution in [1.29, 1.82) is 0 Å². The molecule has 7 nitrogen and oxygen atoms in total. The van der Waals surface area contributed by atoms with Gasteiger partial charge in [-0.15, -0.1) is 0 Å². The Kier molecular flexibility index (Phi) is 4.02. The number of esters is 1. The van der Waals surface area contributed by atoms with Crippen molar-refractivity contribution in [3.63, 3.8) is 0 Å². The maximum Gasteiger partial charge on any atom is 0.319 e. The fourth-order valence-electron chi connectivity index (χ4n) is 1.67. The number of hydrogen-bond donors (Lipinski definition) is 0. The third-order valence-corrected chi connectivity index (χ3v) is 5.79. The highest BCUT2D eigenvalue weighted by Gasteiger charge is 2.61. The number of carbonyl (C=O) groups excluding carboxylic acids is 3. The van der Waals surface area contributed by atoms with Gasteiger partial charge in [0.25, 0.3) is 15.9 Å². The third-order valence-electron chi connectivity index (χ3n) is 3.45. The average molecular weight is 305 g/mol. The van der Waals surface area contributed by atoms with Crippen LogP contribution in [0.3, 0.4) is 0 Å². The topological polar surface area (TPSA) is 97.8 Å². The Morgan fingerprint density at radius 3 is 2.20 bits per heavy atom. The number of Topliss-reactive ketones (excluding diaryl/α,β-unsaturated/α-hetero) is 1. The van der Waals surface area contributed by atoms with Crippen LogP contribution in [-0.4, -0.2) is 48.3 Å². The molecule has 0 aromatic carbocycles. The van der Waals surface area contributed by atoms with Crippen LogP contribution in [0, 0.1) is 5.41 Å². The Labute approximate surface area is 118 Å². The minimum Gasteiger partial charge on any atom is -0.465 e. The predicted octanol–water partition coefficient (Wildman–Crippen LogP) is 0.0954. The first-order chi connectivity index (χ1) is 8.90. The number of carbonyl (C=O) groups is 3. The van der Waals surface area contributed by atoms with Gasteiger partial charge < -0.3 is 4.74 Å². The molecule has 1 rings (SSSR count). The standard InChI is InChI=1S/C12H19NO6S/c1-6-19-10(16)11(2,3)8(14)7-13-9(15)12(4,5)20(13,17)18/h6-7H2,1-5H3. The molecule has 0 saturated carbocycles. The van der Waals surface area contributed by atoms with E-state index < -0.39 is 44.4 Å². The van der Waals surface area contributed by atoms with Gasteiger partial charge in [-0.2, -0.15) is 0 Å². The molecular weight excluding hydrogens is 286 g/mol. The van der Waals surface area contributed by atoms with Gasteiger partial charge in [0.2, 0.25) is 0 Å². The number of rotatable bonds is 5. The molecule has 114 valence electrons. The quantitative estimate of drug-likeness (QED) is 0.527. The SMILES string of the molecule is CCOC(=O)C(C)(C)C(=O)CN1C(=O)C(C)(C)S1(=O)=O. The zero-order valence-corrected chi connectivity index (χ0v) is 13.0. The summed E-state index contributed by atoms with van der Waals surface area (Å²) in [6.45, 7) is 6.32. The maximum absolute atomic E-state index is 12.1. The van der Waals surface area contributed by atoms with Gasteiger partial charge in [-0.1, -0.05) is 0 Å². The second kappa shape index (κ2) is 4.83.